The van der Waals surface area contributed by atoms with Gasteiger partial charge >= 0.3 is 0 Å². The molecule has 1 atom stereocenters. The van der Waals surface area contributed by atoms with Crippen molar-refractivity contribution in [1.29, 1.82) is 0 Å². The third-order valence-corrected chi connectivity index (χ3v) is 3.97. The van der Waals surface area contributed by atoms with E-state index >= 15 is 0 Å². The summed E-state index contributed by atoms with van der Waals surface area (Å²) in [6.07, 6.45) is 1.01. The second kappa shape index (κ2) is 5.29. The maximum atomic E-state index is 13.6. The first kappa shape index (κ1) is 14.0. The van der Waals surface area contributed by atoms with Gasteiger partial charge in [-0.15, -0.1) is 0 Å². The van der Waals surface area contributed by atoms with Gasteiger partial charge in [0.25, 0.3) is 0 Å². The first-order valence-corrected chi connectivity index (χ1v) is 6.65. The molecule has 1 fully saturated rings. The second-order valence-corrected chi connectivity index (χ2v) is 5.63. The number of hydrogen-bond acceptors (Lipinski definition) is 2. The molecule has 1 aliphatic rings. The number of carbonyl (C=O) groups is 1. The summed E-state index contributed by atoms with van der Waals surface area (Å²) in [4.78, 5) is 14.0. The zero-order valence-corrected chi connectivity index (χ0v) is 11.4. The summed E-state index contributed by atoms with van der Waals surface area (Å²) in [5.74, 6) is -0.486. The highest BCUT2D eigenvalue weighted by Gasteiger charge is 2.39. The first-order valence-electron chi connectivity index (χ1n) is 6.65. The quantitative estimate of drug-likeness (QED) is 0.890. The standard InChI is InChI=1S/C15H20FNO2/c1-15(2)13(18)8-5-9-17(15)14(19)10-11-6-3-4-7-12(11)16/h3-4,6-7,13,18H,5,8-10H2,1-2H3. The van der Waals surface area contributed by atoms with Gasteiger partial charge in [-0.3, -0.25) is 4.79 Å². The number of aliphatic hydroxyl groups is 1. The highest BCUT2D eigenvalue weighted by Crippen LogP contribution is 2.28. The zero-order chi connectivity index (χ0) is 14.0. The van der Waals surface area contributed by atoms with Crippen molar-refractivity contribution in [3.05, 3.63) is 35.6 Å². The molecule has 1 saturated heterocycles. The highest BCUT2D eigenvalue weighted by atomic mass is 19.1. The van der Waals surface area contributed by atoms with Crippen molar-refractivity contribution >= 4 is 5.91 Å². The van der Waals surface area contributed by atoms with E-state index in [0.29, 0.717) is 18.5 Å². The number of piperidine rings is 1. The molecule has 4 heteroatoms. The van der Waals surface area contributed by atoms with Crippen LogP contribution >= 0.6 is 0 Å². The molecule has 2 rings (SSSR count). The van der Waals surface area contributed by atoms with Crippen molar-refractivity contribution < 1.29 is 14.3 Å². The van der Waals surface area contributed by atoms with Gasteiger partial charge in [0.1, 0.15) is 5.82 Å². The maximum Gasteiger partial charge on any atom is 0.227 e. The van der Waals surface area contributed by atoms with E-state index in [1.54, 1.807) is 23.1 Å². The molecule has 1 aromatic rings. The average Bonchev–Trinajstić information content (AvgIpc) is 2.35. The number of likely N-dealkylation sites (tertiary alicyclic amines) is 1. The molecule has 0 aromatic heterocycles. The lowest BCUT2D eigenvalue weighted by atomic mass is 9.87. The van der Waals surface area contributed by atoms with Crippen LogP contribution in [0.15, 0.2) is 24.3 Å². The summed E-state index contributed by atoms with van der Waals surface area (Å²) in [5.41, 5.74) is -0.177. The fourth-order valence-electron chi connectivity index (χ4n) is 2.61. The minimum Gasteiger partial charge on any atom is -0.391 e. The molecule has 1 amide bonds. The van der Waals surface area contributed by atoms with Crippen LogP contribution in [-0.4, -0.2) is 34.1 Å². The Morgan fingerprint density at radius 1 is 1.47 bits per heavy atom. The Hall–Kier alpha value is -1.42. The zero-order valence-electron chi connectivity index (χ0n) is 11.4. The fourth-order valence-corrected chi connectivity index (χ4v) is 2.61. The first-order chi connectivity index (χ1) is 8.93. The summed E-state index contributed by atoms with van der Waals surface area (Å²) < 4.78 is 13.6. The molecule has 1 N–H and O–H groups in total. The number of amides is 1. The van der Waals surface area contributed by atoms with Crippen LogP contribution in [0.5, 0.6) is 0 Å². The van der Waals surface area contributed by atoms with Crippen LogP contribution in [0.2, 0.25) is 0 Å². The Morgan fingerprint density at radius 2 is 2.16 bits per heavy atom. The molecule has 0 saturated carbocycles. The third kappa shape index (κ3) is 2.78. The van der Waals surface area contributed by atoms with Crippen LogP contribution in [0.25, 0.3) is 0 Å². The van der Waals surface area contributed by atoms with Crippen LogP contribution in [-0.2, 0) is 11.2 Å². The van der Waals surface area contributed by atoms with Crippen LogP contribution < -0.4 is 0 Å². The molecule has 0 bridgehead atoms. The topological polar surface area (TPSA) is 40.5 Å². The van der Waals surface area contributed by atoms with Gasteiger partial charge in [-0.25, -0.2) is 4.39 Å². The fraction of sp³-hybridized carbons (Fsp3) is 0.533. The number of aliphatic hydroxyl groups excluding tert-OH is 1. The Bertz CT molecular complexity index is 473. The number of benzene rings is 1. The Kier molecular flexibility index (Phi) is 3.90. The molecule has 1 heterocycles. The Morgan fingerprint density at radius 3 is 2.84 bits per heavy atom. The van der Waals surface area contributed by atoms with Gasteiger partial charge in [-0.1, -0.05) is 18.2 Å². The lowest BCUT2D eigenvalue weighted by Crippen LogP contribution is -2.58. The second-order valence-electron chi connectivity index (χ2n) is 5.63. The number of carbonyl (C=O) groups excluding carboxylic acids is 1. The smallest absolute Gasteiger partial charge is 0.227 e. The van der Waals surface area contributed by atoms with Gasteiger partial charge in [0.2, 0.25) is 5.91 Å². The van der Waals surface area contributed by atoms with E-state index in [2.05, 4.69) is 0 Å². The van der Waals surface area contributed by atoms with Crippen molar-refractivity contribution in [3.8, 4) is 0 Å². The van der Waals surface area contributed by atoms with E-state index in [0.717, 1.165) is 6.42 Å². The van der Waals surface area contributed by atoms with E-state index in [1.807, 2.05) is 13.8 Å². The van der Waals surface area contributed by atoms with E-state index in [-0.39, 0.29) is 18.1 Å². The SMILES string of the molecule is CC1(C)C(O)CCCN1C(=O)Cc1ccccc1F. The van der Waals surface area contributed by atoms with Crippen molar-refractivity contribution in [2.24, 2.45) is 0 Å². The molecular weight excluding hydrogens is 245 g/mol. The lowest BCUT2D eigenvalue weighted by molar-refractivity contribution is -0.144. The van der Waals surface area contributed by atoms with Crippen LogP contribution in [0, 0.1) is 5.82 Å². The predicted molar refractivity (Wildman–Crippen MR) is 71.1 cm³/mol. The molecule has 0 aliphatic carbocycles. The van der Waals surface area contributed by atoms with Gasteiger partial charge in [0, 0.05) is 6.54 Å². The van der Waals surface area contributed by atoms with Gasteiger partial charge in [-0.05, 0) is 38.3 Å². The van der Waals surface area contributed by atoms with Crippen LogP contribution in [0.4, 0.5) is 4.39 Å². The Balaban J connectivity index is 2.14. The van der Waals surface area contributed by atoms with Crippen LogP contribution in [0.3, 0.4) is 0 Å². The van der Waals surface area contributed by atoms with Crippen LogP contribution in [0.1, 0.15) is 32.3 Å². The van der Waals surface area contributed by atoms with E-state index in [1.165, 1.54) is 6.07 Å². The number of halogens is 1. The molecule has 19 heavy (non-hydrogen) atoms. The summed E-state index contributed by atoms with van der Waals surface area (Å²) >= 11 is 0. The number of hydrogen-bond donors (Lipinski definition) is 1. The summed E-state index contributed by atoms with van der Waals surface area (Å²) in [5, 5.41) is 10.0. The average molecular weight is 265 g/mol. The van der Waals surface area contributed by atoms with E-state index < -0.39 is 11.6 Å². The summed E-state index contributed by atoms with van der Waals surface area (Å²) in [6, 6.07) is 6.32. The minimum absolute atomic E-state index is 0.0445. The monoisotopic (exact) mass is 265 g/mol. The summed E-state index contributed by atoms with van der Waals surface area (Å²) in [6.45, 7) is 4.34. The maximum absolute atomic E-state index is 13.6. The highest BCUT2D eigenvalue weighted by molar-refractivity contribution is 5.79. The number of nitrogens with zero attached hydrogens (tertiary/aromatic N) is 1. The normalized spacial score (nSPS) is 22.3. The third-order valence-electron chi connectivity index (χ3n) is 3.97. The molecule has 1 aliphatic heterocycles. The number of rotatable bonds is 2. The van der Waals surface area contributed by atoms with Crippen molar-refractivity contribution in [1.82, 2.24) is 4.90 Å². The van der Waals surface area contributed by atoms with Gasteiger partial charge < -0.3 is 10.0 Å². The van der Waals surface area contributed by atoms with Crippen molar-refractivity contribution in [2.45, 2.75) is 44.8 Å². The predicted octanol–water partition coefficient (Wildman–Crippen LogP) is 2.13. The van der Waals surface area contributed by atoms with Crippen molar-refractivity contribution in [2.75, 3.05) is 6.54 Å². The van der Waals surface area contributed by atoms with Gasteiger partial charge in [-0.2, -0.15) is 0 Å². The summed E-state index contributed by atoms with van der Waals surface area (Å²) in [7, 11) is 0. The molecule has 1 aromatic carbocycles. The largest absolute Gasteiger partial charge is 0.391 e. The molecular formula is C15H20FNO2. The van der Waals surface area contributed by atoms with E-state index in [4.69, 9.17) is 0 Å². The minimum atomic E-state index is -0.583. The Labute approximate surface area is 113 Å². The van der Waals surface area contributed by atoms with Crippen molar-refractivity contribution in [3.63, 3.8) is 0 Å². The van der Waals surface area contributed by atoms with E-state index in [9.17, 15) is 14.3 Å². The molecule has 104 valence electrons. The molecule has 0 spiro atoms. The molecule has 3 nitrogen and oxygen atoms in total. The molecule has 1 unspecified atom stereocenters. The van der Waals surface area contributed by atoms with Gasteiger partial charge in [0.05, 0.1) is 18.1 Å². The lowest BCUT2D eigenvalue weighted by Gasteiger charge is -2.46. The van der Waals surface area contributed by atoms with Gasteiger partial charge in [0.15, 0.2) is 0 Å². The molecule has 0 radical (unpaired) electrons.